The van der Waals surface area contributed by atoms with Crippen LogP contribution in [0.3, 0.4) is 0 Å². The van der Waals surface area contributed by atoms with Crippen molar-refractivity contribution in [1.29, 1.82) is 0 Å². The van der Waals surface area contributed by atoms with Gasteiger partial charge in [-0.25, -0.2) is 4.79 Å². The summed E-state index contributed by atoms with van der Waals surface area (Å²) >= 11 is 5.86. The van der Waals surface area contributed by atoms with E-state index in [4.69, 9.17) is 22.1 Å². The number of halogens is 1. The third kappa shape index (κ3) is 4.37. The molecule has 31 heavy (non-hydrogen) atoms. The molecule has 0 heterocycles. The van der Waals surface area contributed by atoms with Crippen LogP contribution in [0.2, 0.25) is 5.02 Å². The van der Waals surface area contributed by atoms with Crippen LogP contribution in [0.25, 0.3) is 11.1 Å². The molecule has 2 atom stereocenters. The molecular weight excluding hydrogens is 416 g/mol. The standard InChI is InChI=1S/C24H23ClN2O4/c25-14-9-10-19(21(26)11-14)23(29)22(28)12-27-24(30)31-13-20-17-7-3-1-5-15(17)16-6-2-4-8-18(16)20/h1-11,20,22-23,28-29H,12-13,26H2,(H,27,30). The Hall–Kier alpha value is -3.06. The van der Waals surface area contributed by atoms with Gasteiger partial charge in [-0.2, -0.15) is 0 Å². The van der Waals surface area contributed by atoms with E-state index in [-0.39, 0.29) is 24.8 Å². The number of fused-ring (bicyclic) bond motifs is 3. The highest BCUT2D eigenvalue weighted by Crippen LogP contribution is 2.44. The topological polar surface area (TPSA) is 105 Å². The van der Waals surface area contributed by atoms with Crippen LogP contribution in [-0.2, 0) is 4.74 Å². The van der Waals surface area contributed by atoms with Crippen LogP contribution >= 0.6 is 11.6 Å². The molecule has 0 radical (unpaired) electrons. The third-order valence-electron chi connectivity index (χ3n) is 5.53. The van der Waals surface area contributed by atoms with Gasteiger partial charge in [-0.15, -0.1) is 0 Å². The first-order valence-electron chi connectivity index (χ1n) is 9.95. The number of carbonyl (C=O) groups excluding carboxylic acids is 1. The fraction of sp³-hybridized carbons (Fsp3) is 0.208. The first kappa shape index (κ1) is 21.2. The van der Waals surface area contributed by atoms with Gasteiger partial charge < -0.3 is 26.0 Å². The van der Waals surface area contributed by atoms with Crippen LogP contribution in [0, 0.1) is 0 Å². The average molecular weight is 439 g/mol. The number of benzene rings is 3. The Labute approximate surface area is 185 Å². The highest BCUT2D eigenvalue weighted by molar-refractivity contribution is 6.30. The minimum Gasteiger partial charge on any atom is -0.449 e. The zero-order valence-corrected chi connectivity index (χ0v) is 17.4. The lowest BCUT2D eigenvalue weighted by molar-refractivity contribution is 0.0190. The Kier molecular flexibility index (Phi) is 6.13. The largest absolute Gasteiger partial charge is 0.449 e. The predicted molar refractivity (Wildman–Crippen MR) is 120 cm³/mol. The van der Waals surface area contributed by atoms with Crippen molar-refractivity contribution in [3.63, 3.8) is 0 Å². The van der Waals surface area contributed by atoms with Gasteiger partial charge in [-0.05, 0) is 34.4 Å². The minimum atomic E-state index is -1.27. The number of aliphatic hydroxyl groups is 2. The molecule has 1 aliphatic rings. The minimum absolute atomic E-state index is 0.0532. The molecule has 0 bridgehead atoms. The van der Waals surface area contributed by atoms with Crippen LogP contribution in [0.1, 0.15) is 28.7 Å². The van der Waals surface area contributed by atoms with Crippen LogP contribution in [0.5, 0.6) is 0 Å². The molecule has 6 nitrogen and oxygen atoms in total. The van der Waals surface area contributed by atoms with E-state index in [0.29, 0.717) is 10.6 Å². The van der Waals surface area contributed by atoms with E-state index in [1.807, 2.05) is 36.4 Å². The molecule has 2 unspecified atom stereocenters. The Morgan fingerprint density at radius 2 is 1.65 bits per heavy atom. The summed E-state index contributed by atoms with van der Waals surface area (Å²) in [6.07, 6.45) is -3.20. The molecule has 160 valence electrons. The summed E-state index contributed by atoms with van der Waals surface area (Å²) in [4.78, 5) is 12.2. The van der Waals surface area contributed by atoms with Crippen LogP contribution in [-0.4, -0.2) is 35.6 Å². The summed E-state index contributed by atoms with van der Waals surface area (Å²) in [6, 6.07) is 20.7. The second-order valence-electron chi connectivity index (χ2n) is 7.49. The third-order valence-corrected chi connectivity index (χ3v) is 5.77. The first-order valence-corrected chi connectivity index (χ1v) is 10.3. The number of hydrogen-bond donors (Lipinski definition) is 4. The van der Waals surface area contributed by atoms with E-state index < -0.39 is 18.3 Å². The number of anilines is 1. The van der Waals surface area contributed by atoms with Crippen molar-refractivity contribution in [1.82, 2.24) is 5.32 Å². The molecule has 0 fully saturated rings. The van der Waals surface area contributed by atoms with Gasteiger partial charge >= 0.3 is 6.09 Å². The van der Waals surface area contributed by atoms with Crippen molar-refractivity contribution in [2.24, 2.45) is 0 Å². The van der Waals surface area contributed by atoms with Crippen molar-refractivity contribution < 1.29 is 19.7 Å². The fourth-order valence-electron chi connectivity index (χ4n) is 3.97. The lowest BCUT2D eigenvalue weighted by Crippen LogP contribution is -2.36. The predicted octanol–water partition coefficient (Wildman–Crippen LogP) is 3.86. The molecule has 7 heteroatoms. The van der Waals surface area contributed by atoms with Gasteiger partial charge in [-0.3, -0.25) is 0 Å². The number of alkyl carbamates (subject to hydrolysis) is 1. The summed E-state index contributed by atoms with van der Waals surface area (Å²) in [5.74, 6) is -0.0532. The van der Waals surface area contributed by atoms with E-state index in [9.17, 15) is 15.0 Å². The number of ether oxygens (including phenoxy) is 1. The van der Waals surface area contributed by atoms with Gasteiger partial charge in [0.05, 0.1) is 0 Å². The summed E-state index contributed by atoms with van der Waals surface area (Å²) in [5, 5.41) is 23.5. The van der Waals surface area contributed by atoms with Gasteiger partial charge in [0.2, 0.25) is 0 Å². The SMILES string of the molecule is Nc1cc(Cl)ccc1C(O)C(O)CNC(=O)OCC1c2ccccc2-c2ccccc21. The smallest absolute Gasteiger partial charge is 0.407 e. The monoisotopic (exact) mass is 438 g/mol. The summed E-state index contributed by atoms with van der Waals surface area (Å²) < 4.78 is 5.43. The number of aliphatic hydroxyl groups excluding tert-OH is 2. The second-order valence-corrected chi connectivity index (χ2v) is 7.93. The van der Waals surface area contributed by atoms with E-state index >= 15 is 0 Å². The number of amides is 1. The van der Waals surface area contributed by atoms with Gasteiger partial charge in [0.1, 0.15) is 18.8 Å². The average Bonchev–Trinajstić information content (AvgIpc) is 3.09. The molecule has 4 rings (SSSR count). The number of carbonyl (C=O) groups is 1. The maximum atomic E-state index is 12.2. The van der Waals surface area contributed by atoms with E-state index in [1.165, 1.54) is 6.07 Å². The molecule has 3 aromatic rings. The molecule has 5 N–H and O–H groups in total. The molecular formula is C24H23ClN2O4. The van der Waals surface area contributed by atoms with Crippen molar-refractivity contribution in [2.75, 3.05) is 18.9 Å². The van der Waals surface area contributed by atoms with Gasteiger partial charge in [0, 0.05) is 28.7 Å². The van der Waals surface area contributed by atoms with E-state index in [1.54, 1.807) is 12.1 Å². The fourth-order valence-corrected chi connectivity index (χ4v) is 4.15. The zero-order chi connectivity index (χ0) is 22.0. The number of hydrogen-bond acceptors (Lipinski definition) is 5. The van der Waals surface area contributed by atoms with Gasteiger partial charge in [-0.1, -0.05) is 66.2 Å². The van der Waals surface area contributed by atoms with Crippen molar-refractivity contribution >= 4 is 23.4 Å². The summed E-state index contributed by atoms with van der Waals surface area (Å²) in [7, 11) is 0. The molecule has 0 spiro atoms. The molecule has 0 saturated carbocycles. The lowest BCUT2D eigenvalue weighted by atomic mass is 9.98. The van der Waals surface area contributed by atoms with Gasteiger partial charge in [0.25, 0.3) is 0 Å². The first-order chi connectivity index (χ1) is 15.0. The van der Waals surface area contributed by atoms with Crippen molar-refractivity contribution in [2.45, 2.75) is 18.1 Å². The molecule has 0 aliphatic heterocycles. The second kappa shape index (κ2) is 8.98. The molecule has 1 aliphatic carbocycles. The molecule has 0 saturated heterocycles. The number of rotatable bonds is 6. The zero-order valence-electron chi connectivity index (χ0n) is 16.7. The Bertz CT molecular complexity index is 1060. The Morgan fingerprint density at radius 3 is 2.26 bits per heavy atom. The number of nitrogens with two attached hydrogens (primary N) is 1. The summed E-state index contributed by atoms with van der Waals surface area (Å²) in [6.45, 7) is -0.0252. The molecule has 3 aromatic carbocycles. The van der Waals surface area contributed by atoms with Crippen LogP contribution in [0.15, 0.2) is 66.7 Å². The highest BCUT2D eigenvalue weighted by atomic mass is 35.5. The number of nitrogen functional groups attached to an aromatic ring is 1. The quantitative estimate of drug-likeness (QED) is 0.437. The van der Waals surface area contributed by atoms with E-state index in [2.05, 4.69) is 17.4 Å². The van der Waals surface area contributed by atoms with Crippen molar-refractivity contribution in [3.05, 3.63) is 88.4 Å². The van der Waals surface area contributed by atoms with Crippen molar-refractivity contribution in [3.8, 4) is 11.1 Å². The van der Waals surface area contributed by atoms with E-state index in [0.717, 1.165) is 22.3 Å². The van der Waals surface area contributed by atoms with Crippen LogP contribution < -0.4 is 11.1 Å². The number of nitrogens with one attached hydrogen (secondary N) is 1. The maximum absolute atomic E-state index is 12.2. The van der Waals surface area contributed by atoms with Crippen LogP contribution in [0.4, 0.5) is 10.5 Å². The highest BCUT2D eigenvalue weighted by Gasteiger charge is 2.29. The maximum Gasteiger partial charge on any atom is 0.407 e. The molecule has 1 amide bonds. The normalized spacial score (nSPS) is 14.4. The molecule has 0 aromatic heterocycles. The summed E-state index contributed by atoms with van der Waals surface area (Å²) in [5.41, 5.74) is 11.0. The van der Waals surface area contributed by atoms with Gasteiger partial charge in [0.15, 0.2) is 0 Å². The lowest BCUT2D eigenvalue weighted by Gasteiger charge is -2.20. The Balaban J connectivity index is 1.35. The Morgan fingerprint density at radius 1 is 1.03 bits per heavy atom.